The minimum atomic E-state index is -0.0797. The summed E-state index contributed by atoms with van der Waals surface area (Å²) in [7, 11) is 0. The van der Waals surface area contributed by atoms with Gasteiger partial charge in [-0.3, -0.25) is 9.59 Å². The largest absolute Gasteiger partial charge is 0.342 e. The molecule has 0 heterocycles. The van der Waals surface area contributed by atoms with Crippen molar-refractivity contribution in [3.8, 4) is 0 Å². The Morgan fingerprint density at radius 1 is 1.29 bits per heavy atom. The highest BCUT2D eigenvalue weighted by Crippen LogP contribution is 2.15. The van der Waals surface area contributed by atoms with E-state index in [0.717, 1.165) is 16.6 Å². The van der Waals surface area contributed by atoms with Crippen molar-refractivity contribution < 1.29 is 9.59 Å². The van der Waals surface area contributed by atoms with E-state index in [1.165, 1.54) is 0 Å². The van der Waals surface area contributed by atoms with Crippen LogP contribution in [0.3, 0.4) is 0 Å². The molecule has 1 rings (SSSR count). The Labute approximate surface area is 135 Å². The zero-order valence-electron chi connectivity index (χ0n) is 12.9. The Kier molecular flexibility index (Phi) is 7.43. The summed E-state index contributed by atoms with van der Waals surface area (Å²) in [5.74, 6) is 0.483. The summed E-state index contributed by atoms with van der Waals surface area (Å²) in [5, 5.41) is 2.83. The van der Waals surface area contributed by atoms with Crippen LogP contribution in [0.15, 0.2) is 28.7 Å². The van der Waals surface area contributed by atoms with Gasteiger partial charge in [0.2, 0.25) is 11.8 Å². The second-order valence-electron chi connectivity index (χ2n) is 5.50. The summed E-state index contributed by atoms with van der Waals surface area (Å²) in [6.45, 7) is 6.96. The lowest BCUT2D eigenvalue weighted by atomic mass is 10.1. The van der Waals surface area contributed by atoms with Gasteiger partial charge in [-0.25, -0.2) is 0 Å². The summed E-state index contributed by atoms with van der Waals surface area (Å²) in [6, 6.07) is 7.45. The SMILES string of the molecule is CC(=O)N(CCC(=O)Nc1cccc(Br)c1)CCC(C)C. The van der Waals surface area contributed by atoms with E-state index in [4.69, 9.17) is 0 Å². The molecular weight excluding hydrogens is 332 g/mol. The highest BCUT2D eigenvalue weighted by Gasteiger charge is 2.12. The average Bonchev–Trinajstić information content (AvgIpc) is 2.37. The van der Waals surface area contributed by atoms with E-state index in [0.29, 0.717) is 25.4 Å². The minimum Gasteiger partial charge on any atom is -0.342 e. The Hall–Kier alpha value is -1.36. The van der Waals surface area contributed by atoms with E-state index in [2.05, 4.69) is 35.1 Å². The Morgan fingerprint density at radius 2 is 2.00 bits per heavy atom. The van der Waals surface area contributed by atoms with E-state index in [1.807, 2.05) is 24.3 Å². The predicted molar refractivity (Wildman–Crippen MR) is 89.1 cm³/mol. The number of nitrogens with one attached hydrogen (secondary N) is 1. The van der Waals surface area contributed by atoms with Crippen molar-refractivity contribution in [2.24, 2.45) is 5.92 Å². The van der Waals surface area contributed by atoms with Crippen molar-refractivity contribution in [2.45, 2.75) is 33.6 Å². The third kappa shape index (κ3) is 7.27. The van der Waals surface area contributed by atoms with Crippen molar-refractivity contribution in [2.75, 3.05) is 18.4 Å². The van der Waals surface area contributed by atoms with E-state index in [1.54, 1.807) is 11.8 Å². The third-order valence-electron chi connectivity index (χ3n) is 3.14. The van der Waals surface area contributed by atoms with Crippen LogP contribution in [0.2, 0.25) is 0 Å². The first kappa shape index (κ1) is 17.7. The van der Waals surface area contributed by atoms with Gasteiger partial charge in [0.15, 0.2) is 0 Å². The van der Waals surface area contributed by atoms with Crippen LogP contribution in [-0.4, -0.2) is 29.8 Å². The predicted octanol–water partition coefficient (Wildman–Crippen LogP) is 3.67. The van der Waals surface area contributed by atoms with Gasteiger partial charge in [0.1, 0.15) is 0 Å². The molecule has 0 radical (unpaired) electrons. The van der Waals surface area contributed by atoms with E-state index < -0.39 is 0 Å². The number of anilines is 1. The third-order valence-corrected chi connectivity index (χ3v) is 3.63. The van der Waals surface area contributed by atoms with E-state index in [-0.39, 0.29) is 11.8 Å². The highest BCUT2D eigenvalue weighted by atomic mass is 79.9. The molecule has 21 heavy (non-hydrogen) atoms. The molecular formula is C16H23BrN2O2. The van der Waals surface area contributed by atoms with Gasteiger partial charge >= 0.3 is 0 Å². The topological polar surface area (TPSA) is 49.4 Å². The summed E-state index contributed by atoms with van der Waals surface area (Å²) >= 11 is 3.36. The number of amides is 2. The highest BCUT2D eigenvalue weighted by molar-refractivity contribution is 9.10. The second kappa shape index (κ2) is 8.82. The van der Waals surface area contributed by atoms with Gasteiger partial charge in [-0.2, -0.15) is 0 Å². The van der Waals surface area contributed by atoms with Crippen LogP contribution < -0.4 is 5.32 Å². The van der Waals surface area contributed by atoms with Gasteiger partial charge in [0, 0.05) is 36.6 Å². The number of nitrogens with zero attached hydrogens (tertiary/aromatic N) is 1. The monoisotopic (exact) mass is 354 g/mol. The van der Waals surface area contributed by atoms with Crippen LogP contribution in [0, 0.1) is 5.92 Å². The Morgan fingerprint density at radius 3 is 2.57 bits per heavy atom. The van der Waals surface area contributed by atoms with Crippen molar-refractivity contribution in [1.29, 1.82) is 0 Å². The van der Waals surface area contributed by atoms with Crippen LogP contribution >= 0.6 is 15.9 Å². The zero-order valence-corrected chi connectivity index (χ0v) is 14.4. The maximum absolute atomic E-state index is 11.9. The zero-order chi connectivity index (χ0) is 15.8. The van der Waals surface area contributed by atoms with Gasteiger partial charge < -0.3 is 10.2 Å². The first-order valence-corrected chi connectivity index (χ1v) is 7.98. The van der Waals surface area contributed by atoms with Gasteiger partial charge in [-0.05, 0) is 30.5 Å². The normalized spacial score (nSPS) is 10.5. The van der Waals surface area contributed by atoms with Gasteiger partial charge in [0.25, 0.3) is 0 Å². The average molecular weight is 355 g/mol. The molecule has 1 aromatic carbocycles. The van der Waals surface area contributed by atoms with Crippen molar-refractivity contribution in [1.82, 2.24) is 4.90 Å². The fourth-order valence-electron chi connectivity index (χ4n) is 1.87. The molecule has 0 saturated carbocycles. The molecule has 0 fully saturated rings. The Balaban J connectivity index is 2.44. The molecule has 116 valence electrons. The molecule has 0 bridgehead atoms. The lowest BCUT2D eigenvalue weighted by Gasteiger charge is -2.21. The molecule has 4 nitrogen and oxygen atoms in total. The summed E-state index contributed by atoms with van der Waals surface area (Å²) in [6.07, 6.45) is 1.26. The molecule has 1 N–H and O–H groups in total. The standard InChI is InChI=1S/C16H23BrN2O2/c1-12(2)7-9-19(13(3)20)10-8-16(21)18-15-6-4-5-14(17)11-15/h4-6,11-12H,7-10H2,1-3H3,(H,18,21). The van der Waals surface area contributed by atoms with Crippen molar-refractivity contribution in [3.63, 3.8) is 0 Å². The smallest absolute Gasteiger partial charge is 0.226 e. The fraction of sp³-hybridized carbons (Fsp3) is 0.500. The molecule has 0 spiro atoms. The fourth-order valence-corrected chi connectivity index (χ4v) is 2.27. The molecule has 0 unspecified atom stereocenters. The molecule has 0 aromatic heterocycles. The summed E-state index contributed by atoms with van der Waals surface area (Å²) in [5.41, 5.74) is 0.755. The number of halogens is 1. The number of carbonyl (C=O) groups excluding carboxylic acids is 2. The van der Waals surface area contributed by atoms with Crippen LogP contribution in [0.4, 0.5) is 5.69 Å². The summed E-state index contributed by atoms with van der Waals surface area (Å²) in [4.78, 5) is 25.2. The van der Waals surface area contributed by atoms with E-state index in [9.17, 15) is 9.59 Å². The van der Waals surface area contributed by atoms with Crippen LogP contribution in [0.25, 0.3) is 0 Å². The van der Waals surface area contributed by atoms with Crippen molar-refractivity contribution in [3.05, 3.63) is 28.7 Å². The lowest BCUT2D eigenvalue weighted by Crippen LogP contribution is -2.33. The van der Waals surface area contributed by atoms with E-state index >= 15 is 0 Å². The van der Waals surface area contributed by atoms with Crippen molar-refractivity contribution >= 4 is 33.4 Å². The lowest BCUT2D eigenvalue weighted by molar-refractivity contribution is -0.129. The first-order chi connectivity index (χ1) is 9.88. The van der Waals surface area contributed by atoms with Gasteiger partial charge in [-0.1, -0.05) is 35.8 Å². The Bertz CT molecular complexity index is 489. The molecule has 0 saturated heterocycles. The minimum absolute atomic E-state index is 0.0194. The maximum atomic E-state index is 11.9. The van der Waals surface area contributed by atoms with Crippen LogP contribution in [0.5, 0.6) is 0 Å². The number of rotatable bonds is 7. The molecule has 0 aliphatic heterocycles. The maximum Gasteiger partial charge on any atom is 0.226 e. The molecule has 0 atom stereocenters. The quantitative estimate of drug-likeness (QED) is 0.811. The summed E-state index contributed by atoms with van der Waals surface area (Å²) < 4.78 is 0.919. The van der Waals surface area contributed by atoms with Gasteiger partial charge in [-0.15, -0.1) is 0 Å². The van der Waals surface area contributed by atoms with Crippen LogP contribution in [0.1, 0.15) is 33.6 Å². The molecule has 0 aliphatic rings. The first-order valence-electron chi connectivity index (χ1n) is 7.19. The number of hydrogen-bond acceptors (Lipinski definition) is 2. The molecule has 2 amide bonds. The number of carbonyl (C=O) groups is 2. The molecule has 5 heteroatoms. The van der Waals surface area contributed by atoms with Gasteiger partial charge in [0.05, 0.1) is 0 Å². The molecule has 1 aromatic rings. The number of hydrogen-bond donors (Lipinski definition) is 1. The molecule has 0 aliphatic carbocycles. The second-order valence-corrected chi connectivity index (χ2v) is 6.41. The van der Waals surface area contributed by atoms with Crippen LogP contribution in [-0.2, 0) is 9.59 Å². The number of benzene rings is 1.